The highest BCUT2D eigenvalue weighted by Gasteiger charge is 2.15. The smallest absolute Gasteiger partial charge is 0.261 e. The second-order valence-electron chi connectivity index (χ2n) is 6.34. The molecule has 1 aliphatic heterocycles. The van der Waals surface area contributed by atoms with E-state index < -0.39 is 10.0 Å². The Morgan fingerprint density at radius 2 is 1.71 bits per heavy atom. The van der Waals surface area contributed by atoms with Crippen LogP contribution >= 0.6 is 0 Å². The van der Waals surface area contributed by atoms with Crippen molar-refractivity contribution >= 4 is 27.2 Å². The maximum absolute atomic E-state index is 12.5. The molecule has 2 aromatic carbocycles. The minimum atomic E-state index is -3.66. The monoisotopic (exact) mass is 397 g/mol. The van der Waals surface area contributed by atoms with Crippen LogP contribution in [0.25, 0.3) is 0 Å². The summed E-state index contributed by atoms with van der Waals surface area (Å²) in [6.45, 7) is 2.91. The predicted molar refractivity (Wildman–Crippen MR) is 107 cm³/mol. The zero-order valence-corrected chi connectivity index (χ0v) is 16.0. The van der Waals surface area contributed by atoms with Gasteiger partial charge in [0.2, 0.25) is 0 Å². The van der Waals surface area contributed by atoms with Gasteiger partial charge in [-0.3, -0.25) is 4.72 Å². The van der Waals surface area contributed by atoms with Crippen molar-refractivity contribution in [3.63, 3.8) is 0 Å². The normalized spacial score (nSPS) is 13.0. The van der Waals surface area contributed by atoms with Crippen molar-refractivity contribution in [1.82, 2.24) is 4.98 Å². The Hall–Kier alpha value is -3.26. The Labute approximate surface area is 163 Å². The molecule has 144 valence electrons. The zero-order chi connectivity index (χ0) is 19.6. The SMILES string of the molecule is Cc1cccc(S(=O)(=O)Nc2ccc(Nc3ccc4c(c3)OCCO4)nc2)c1. The first kappa shape index (κ1) is 18.1. The van der Waals surface area contributed by atoms with Crippen LogP contribution in [0.1, 0.15) is 5.56 Å². The van der Waals surface area contributed by atoms with Crippen LogP contribution < -0.4 is 19.5 Å². The van der Waals surface area contributed by atoms with Crippen LogP contribution in [0.4, 0.5) is 17.2 Å². The van der Waals surface area contributed by atoms with Gasteiger partial charge in [0.05, 0.1) is 16.8 Å². The number of aryl methyl sites for hydroxylation is 1. The number of pyridine rings is 1. The van der Waals surface area contributed by atoms with Crippen molar-refractivity contribution in [3.8, 4) is 11.5 Å². The minimum Gasteiger partial charge on any atom is -0.486 e. The third-order valence-electron chi connectivity index (χ3n) is 4.13. The number of benzene rings is 2. The number of rotatable bonds is 5. The van der Waals surface area contributed by atoms with Crippen molar-refractivity contribution in [2.75, 3.05) is 23.3 Å². The lowest BCUT2D eigenvalue weighted by atomic mass is 10.2. The quantitative estimate of drug-likeness (QED) is 0.682. The van der Waals surface area contributed by atoms with Gasteiger partial charge in [-0.25, -0.2) is 13.4 Å². The summed E-state index contributed by atoms with van der Waals surface area (Å²) < 4.78 is 38.6. The van der Waals surface area contributed by atoms with Crippen molar-refractivity contribution in [1.29, 1.82) is 0 Å². The zero-order valence-electron chi connectivity index (χ0n) is 15.2. The lowest BCUT2D eigenvalue weighted by molar-refractivity contribution is 0.171. The van der Waals surface area contributed by atoms with Gasteiger partial charge in [0.25, 0.3) is 10.0 Å². The second kappa shape index (κ2) is 7.40. The molecular formula is C20H19N3O4S. The molecule has 0 unspecified atom stereocenters. The molecule has 0 spiro atoms. The van der Waals surface area contributed by atoms with E-state index in [0.717, 1.165) is 11.3 Å². The topological polar surface area (TPSA) is 89.6 Å². The van der Waals surface area contributed by atoms with Gasteiger partial charge in [-0.15, -0.1) is 0 Å². The van der Waals surface area contributed by atoms with Crippen LogP contribution in [-0.4, -0.2) is 26.6 Å². The molecule has 28 heavy (non-hydrogen) atoms. The van der Waals surface area contributed by atoms with Gasteiger partial charge >= 0.3 is 0 Å². The number of ether oxygens (including phenoxy) is 2. The number of nitrogens with one attached hydrogen (secondary N) is 2. The number of anilines is 3. The number of nitrogens with zero attached hydrogens (tertiary/aromatic N) is 1. The molecule has 7 nitrogen and oxygen atoms in total. The maximum atomic E-state index is 12.5. The molecule has 8 heteroatoms. The summed E-state index contributed by atoms with van der Waals surface area (Å²) in [5, 5.41) is 3.16. The molecule has 0 saturated heterocycles. The third-order valence-corrected chi connectivity index (χ3v) is 5.51. The highest BCUT2D eigenvalue weighted by molar-refractivity contribution is 7.92. The molecule has 0 radical (unpaired) electrons. The van der Waals surface area contributed by atoms with Crippen molar-refractivity contribution in [3.05, 3.63) is 66.4 Å². The standard InChI is InChI=1S/C20H19N3O4S/c1-14-3-2-4-17(11-14)28(24,25)23-16-6-8-20(21-13-16)22-15-5-7-18-19(12-15)27-10-9-26-18/h2-8,11-13,23H,9-10H2,1H3,(H,21,22). The highest BCUT2D eigenvalue weighted by Crippen LogP contribution is 2.33. The first-order valence-corrected chi connectivity index (χ1v) is 10.2. The Morgan fingerprint density at radius 1 is 0.929 bits per heavy atom. The summed E-state index contributed by atoms with van der Waals surface area (Å²) in [6.07, 6.45) is 1.47. The van der Waals surface area contributed by atoms with Crippen molar-refractivity contribution in [2.24, 2.45) is 0 Å². The van der Waals surface area contributed by atoms with Gasteiger partial charge in [0.15, 0.2) is 11.5 Å². The number of hydrogen-bond donors (Lipinski definition) is 2. The highest BCUT2D eigenvalue weighted by atomic mass is 32.2. The molecule has 1 aliphatic rings. The van der Waals surface area contributed by atoms with Gasteiger partial charge in [-0.2, -0.15) is 0 Å². The lowest BCUT2D eigenvalue weighted by Crippen LogP contribution is -2.15. The molecule has 0 bridgehead atoms. The molecule has 3 aromatic rings. The summed E-state index contributed by atoms with van der Waals surface area (Å²) >= 11 is 0. The predicted octanol–water partition coefficient (Wildman–Crippen LogP) is 3.71. The summed E-state index contributed by atoms with van der Waals surface area (Å²) in [5.74, 6) is 1.97. The van der Waals surface area contributed by atoms with Gasteiger partial charge < -0.3 is 14.8 Å². The van der Waals surface area contributed by atoms with Crippen LogP contribution in [-0.2, 0) is 10.0 Å². The number of fused-ring (bicyclic) bond motifs is 1. The van der Waals surface area contributed by atoms with Gasteiger partial charge in [0, 0.05) is 11.8 Å². The molecule has 4 rings (SSSR count). The summed E-state index contributed by atoms with van der Waals surface area (Å²) in [6, 6.07) is 15.6. The van der Waals surface area contributed by atoms with Crippen LogP contribution in [0, 0.1) is 6.92 Å². The fraction of sp³-hybridized carbons (Fsp3) is 0.150. The summed E-state index contributed by atoms with van der Waals surface area (Å²) in [4.78, 5) is 4.49. The Bertz CT molecular complexity index is 1100. The number of hydrogen-bond acceptors (Lipinski definition) is 6. The van der Waals surface area contributed by atoms with E-state index in [-0.39, 0.29) is 4.90 Å². The van der Waals surface area contributed by atoms with E-state index in [0.29, 0.717) is 36.2 Å². The van der Waals surface area contributed by atoms with Gasteiger partial charge in [-0.05, 0) is 48.9 Å². The van der Waals surface area contributed by atoms with Crippen LogP contribution in [0.15, 0.2) is 65.7 Å². The summed E-state index contributed by atoms with van der Waals surface area (Å²) in [5.41, 5.74) is 2.05. The minimum absolute atomic E-state index is 0.214. The molecule has 0 saturated carbocycles. The van der Waals surface area contributed by atoms with Crippen LogP contribution in [0.5, 0.6) is 11.5 Å². The Kier molecular flexibility index (Phi) is 4.79. The molecule has 1 aromatic heterocycles. The molecule has 2 N–H and O–H groups in total. The Balaban J connectivity index is 1.47. The molecule has 0 atom stereocenters. The average Bonchev–Trinajstić information content (AvgIpc) is 2.69. The van der Waals surface area contributed by atoms with Gasteiger partial charge in [0.1, 0.15) is 19.0 Å². The first-order chi connectivity index (χ1) is 13.5. The van der Waals surface area contributed by atoms with Crippen molar-refractivity contribution < 1.29 is 17.9 Å². The fourth-order valence-corrected chi connectivity index (χ4v) is 3.94. The summed E-state index contributed by atoms with van der Waals surface area (Å²) in [7, 11) is -3.66. The number of aromatic nitrogens is 1. The molecule has 2 heterocycles. The largest absolute Gasteiger partial charge is 0.486 e. The van der Waals surface area contributed by atoms with Crippen molar-refractivity contribution in [2.45, 2.75) is 11.8 Å². The van der Waals surface area contributed by atoms with E-state index in [9.17, 15) is 8.42 Å². The van der Waals surface area contributed by atoms with E-state index in [1.165, 1.54) is 6.20 Å². The first-order valence-electron chi connectivity index (χ1n) is 8.72. The molecule has 0 aliphatic carbocycles. The maximum Gasteiger partial charge on any atom is 0.261 e. The van der Waals surface area contributed by atoms with E-state index in [1.54, 1.807) is 30.3 Å². The fourth-order valence-electron chi connectivity index (χ4n) is 2.79. The van der Waals surface area contributed by atoms with E-state index in [1.807, 2.05) is 31.2 Å². The van der Waals surface area contributed by atoms with E-state index in [4.69, 9.17) is 9.47 Å². The molecule has 0 amide bonds. The molecular weight excluding hydrogens is 378 g/mol. The van der Waals surface area contributed by atoms with Crippen LogP contribution in [0.3, 0.4) is 0 Å². The average molecular weight is 397 g/mol. The second-order valence-corrected chi connectivity index (χ2v) is 8.02. The van der Waals surface area contributed by atoms with E-state index in [2.05, 4.69) is 15.0 Å². The molecule has 0 fully saturated rings. The lowest BCUT2D eigenvalue weighted by Gasteiger charge is -2.19. The Morgan fingerprint density at radius 3 is 2.46 bits per heavy atom. The number of sulfonamides is 1. The third kappa shape index (κ3) is 4.01. The van der Waals surface area contributed by atoms with E-state index >= 15 is 0 Å². The van der Waals surface area contributed by atoms with Gasteiger partial charge in [-0.1, -0.05) is 12.1 Å². The van der Waals surface area contributed by atoms with Crippen LogP contribution in [0.2, 0.25) is 0 Å².